The van der Waals surface area contributed by atoms with Gasteiger partial charge in [-0.05, 0) is 36.5 Å². The van der Waals surface area contributed by atoms with Crippen LogP contribution in [0.4, 0.5) is 0 Å². The lowest BCUT2D eigenvalue weighted by molar-refractivity contribution is -0.961. The molecule has 2 aromatic rings. The molecule has 4 heteroatoms. The van der Waals surface area contributed by atoms with Gasteiger partial charge in [-0.1, -0.05) is 61.7 Å². The zero-order valence-corrected chi connectivity index (χ0v) is 20.8. The fraction of sp³-hybridized carbons (Fsp3) is 0.536. The van der Waals surface area contributed by atoms with Gasteiger partial charge >= 0.3 is 5.97 Å². The molecule has 3 nitrogen and oxygen atoms in total. The van der Waals surface area contributed by atoms with Gasteiger partial charge in [0.05, 0.1) is 24.7 Å². The van der Waals surface area contributed by atoms with Crippen LogP contribution in [0, 0.1) is 0 Å². The highest BCUT2D eigenvalue weighted by Crippen LogP contribution is 2.44. The van der Waals surface area contributed by atoms with Crippen molar-refractivity contribution in [2.45, 2.75) is 88.4 Å². The first kappa shape index (κ1) is 23.5. The third-order valence-electron chi connectivity index (χ3n) is 8.43. The van der Waals surface area contributed by atoms with Crippen LogP contribution in [-0.2, 0) is 11.3 Å². The molecule has 0 spiro atoms. The third-order valence-corrected chi connectivity index (χ3v) is 8.43. The summed E-state index contributed by atoms with van der Waals surface area (Å²) < 4.78 is 7.05. The molecule has 0 unspecified atom stereocenters. The Morgan fingerprint density at radius 1 is 0.875 bits per heavy atom. The molecule has 2 aliphatic heterocycles. The molecule has 0 N–H and O–H groups in total. The molecule has 1 saturated carbocycles. The van der Waals surface area contributed by atoms with Gasteiger partial charge < -0.3 is 26.2 Å². The molecule has 2 bridgehead atoms. The van der Waals surface area contributed by atoms with E-state index in [2.05, 4.69) is 31.3 Å². The smallest absolute Gasteiger partial charge is 0.338 e. The summed E-state index contributed by atoms with van der Waals surface area (Å²) in [5.41, 5.74) is 3.66. The number of quaternary nitrogens is 1. The molecular formula is C28H36BrNO2. The maximum absolute atomic E-state index is 12.5. The van der Waals surface area contributed by atoms with Crippen LogP contribution >= 0.6 is 0 Å². The number of piperidine rings is 1. The fourth-order valence-electron chi connectivity index (χ4n) is 6.57. The molecule has 172 valence electrons. The van der Waals surface area contributed by atoms with Crippen LogP contribution in [0.5, 0.6) is 0 Å². The summed E-state index contributed by atoms with van der Waals surface area (Å²) in [6.45, 7) is 1.10. The van der Waals surface area contributed by atoms with Gasteiger partial charge in [0.2, 0.25) is 0 Å². The number of hydrogen-bond acceptors (Lipinski definition) is 2. The van der Waals surface area contributed by atoms with E-state index in [0.717, 1.165) is 29.8 Å². The number of carbonyl (C=O) groups is 1. The van der Waals surface area contributed by atoms with E-state index in [1.165, 1.54) is 50.5 Å². The normalized spacial score (nSPS) is 29.8. The summed E-state index contributed by atoms with van der Waals surface area (Å²) in [4.78, 5) is 12.5. The molecule has 2 saturated heterocycles. The summed E-state index contributed by atoms with van der Waals surface area (Å²) in [6.07, 6.45) is 11.5. The monoisotopic (exact) mass is 497 g/mol. The van der Waals surface area contributed by atoms with Gasteiger partial charge in [-0.3, -0.25) is 0 Å². The molecule has 5 rings (SSSR count). The molecule has 0 radical (unpaired) electrons. The second-order valence-corrected chi connectivity index (χ2v) is 10.3. The number of hydrogen-bond donors (Lipinski definition) is 0. The van der Waals surface area contributed by atoms with Gasteiger partial charge in [-0.15, -0.1) is 0 Å². The number of rotatable bonds is 5. The molecule has 2 heterocycles. The van der Waals surface area contributed by atoms with Gasteiger partial charge in [-0.25, -0.2) is 4.79 Å². The van der Waals surface area contributed by atoms with Crippen molar-refractivity contribution in [2.24, 2.45) is 0 Å². The van der Waals surface area contributed by atoms with Crippen LogP contribution in [0.3, 0.4) is 0 Å². The Balaban J connectivity index is 0.00000245. The van der Waals surface area contributed by atoms with Crippen LogP contribution < -0.4 is 17.0 Å². The van der Waals surface area contributed by atoms with Crippen LogP contribution in [0.25, 0.3) is 0 Å². The van der Waals surface area contributed by atoms with Crippen molar-refractivity contribution in [3.8, 4) is 0 Å². The Bertz CT molecular complexity index is 877. The molecule has 0 amide bonds. The van der Waals surface area contributed by atoms with Crippen molar-refractivity contribution < 1.29 is 31.0 Å². The SMILES string of the molecule is C[N+]1(Cc2ccc(C3CCCCC3)cc2)[C@@H]2CC[C@@H]1CC(OC(=O)c1ccccc1)C2.[Br-]. The van der Waals surface area contributed by atoms with E-state index >= 15 is 0 Å². The average molecular weight is 499 g/mol. The van der Waals surface area contributed by atoms with Gasteiger partial charge in [0, 0.05) is 31.2 Å². The first-order valence-corrected chi connectivity index (χ1v) is 12.3. The lowest BCUT2D eigenvalue weighted by atomic mass is 9.84. The molecular weight excluding hydrogens is 462 g/mol. The second-order valence-electron chi connectivity index (χ2n) is 10.3. The molecule has 2 aromatic carbocycles. The van der Waals surface area contributed by atoms with E-state index in [9.17, 15) is 4.79 Å². The predicted octanol–water partition coefficient (Wildman–Crippen LogP) is 3.24. The average Bonchev–Trinajstić information content (AvgIpc) is 2.97. The third kappa shape index (κ3) is 4.82. The Morgan fingerprint density at radius 2 is 1.50 bits per heavy atom. The standard InChI is InChI=1S/C28H36NO2.BrH/c1-29(20-21-12-14-23(15-13-21)22-8-4-2-5-9-22)25-16-17-26(29)19-27(18-25)31-28(30)24-10-6-3-7-11-24;/h3,6-7,10-15,22,25-27H,2,4-5,8-9,16-20H2,1H3;1H/q+1;/p-1/t25-,26-,27?,29?;/m1./s1. The van der Waals surface area contributed by atoms with Crippen molar-refractivity contribution in [1.29, 1.82) is 0 Å². The number of nitrogens with zero attached hydrogens (tertiary/aromatic N) is 1. The van der Waals surface area contributed by atoms with Crippen molar-refractivity contribution in [1.82, 2.24) is 0 Å². The first-order chi connectivity index (χ1) is 15.1. The lowest BCUT2D eigenvalue weighted by Gasteiger charge is -2.47. The number of fused-ring (bicyclic) bond motifs is 2. The minimum absolute atomic E-state index is 0. The topological polar surface area (TPSA) is 26.3 Å². The van der Waals surface area contributed by atoms with Crippen LogP contribution in [0.2, 0.25) is 0 Å². The maximum Gasteiger partial charge on any atom is 0.338 e. The van der Waals surface area contributed by atoms with Crippen molar-refractivity contribution in [3.63, 3.8) is 0 Å². The van der Waals surface area contributed by atoms with Crippen molar-refractivity contribution in [3.05, 3.63) is 71.3 Å². The zero-order chi connectivity index (χ0) is 21.3. The summed E-state index contributed by atoms with van der Waals surface area (Å²) in [5.74, 6) is 0.609. The Morgan fingerprint density at radius 3 is 2.12 bits per heavy atom. The van der Waals surface area contributed by atoms with Gasteiger partial charge in [0.15, 0.2) is 0 Å². The van der Waals surface area contributed by atoms with E-state index in [1.54, 1.807) is 5.56 Å². The molecule has 1 aliphatic carbocycles. The number of esters is 1. The van der Waals surface area contributed by atoms with E-state index in [0.29, 0.717) is 17.6 Å². The summed E-state index contributed by atoms with van der Waals surface area (Å²) >= 11 is 0. The van der Waals surface area contributed by atoms with Gasteiger partial charge in [-0.2, -0.15) is 0 Å². The number of carbonyl (C=O) groups excluding carboxylic acids is 1. The number of ether oxygens (including phenoxy) is 1. The maximum atomic E-state index is 12.5. The van der Waals surface area contributed by atoms with Crippen molar-refractivity contribution in [2.75, 3.05) is 7.05 Å². The molecule has 3 aliphatic rings. The van der Waals surface area contributed by atoms with Crippen LogP contribution in [-0.4, -0.2) is 35.7 Å². The minimum atomic E-state index is -0.167. The van der Waals surface area contributed by atoms with Crippen LogP contribution in [0.1, 0.15) is 85.2 Å². The van der Waals surface area contributed by atoms with Crippen molar-refractivity contribution >= 4 is 5.97 Å². The zero-order valence-electron chi connectivity index (χ0n) is 19.2. The number of halogens is 1. The highest BCUT2D eigenvalue weighted by molar-refractivity contribution is 5.89. The van der Waals surface area contributed by atoms with E-state index in [4.69, 9.17) is 4.74 Å². The molecule has 0 aromatic heterocycles. The van der Waals surface area contributed by atoms with E-state index in [-0.39, 0.29) is 29.1 Å². The Labute approximate surface area is 203 Å². The number of benzene rings is 2. The molecule has 2 atom stereocenters. The van der Waals surface area contributed by atoms with Gasteiger partial charge in [0.25, 0.3) is 0 Å². The minimum Gasteiger partial charge on any atom is -1.00 e. The quantitative estimate of drug-likeness (QED) is 0.468. The molecule has 32 heavy (non-hydrogen) atoms. The van der Waals surface area contributed by atoms with E-state index < -0.39 is 0 Å². The predicted molar refractivity (Wildman–Crippen MR) is 124 cm³/mol. The largest absolute Gasteiger partial charge is 1.00 e. The summed E-state index contributed by atoms with van der Waals surface area (Å²) in [7, 11) is 2.44. The summed E-state index contributed by atoms with van der Waals surface area (Å²) in [5, 5.41) is 0. The highest BCUT2D eigenvalue weighted by atomic mass is 79.9. The lowest BCUT2D eigenvalue weighted by Crippen LogP contribution is -3.00. The Kier molecular flexibility index (Phi) is 7.41. The fourth-order valence-corrected chi connectivity index (χ4v) is 6.57. The summed E-state index contributed by atoms with van der Waals surface area (Å²) in [6, 6.07) is 20.2. The Hall–Kier alpha value is -1.65. The van der Waals surface area contributed by atoms with Gasteiger partial charge in [0.1, 0.15) is 12.6 Å². The second kappa shape index (κ2) is 10.1. The molecule has 3 fully saturated rings. The first-order valence-electron chi connectivity index (χ1n) is 12.3. The highest BCUT2D eigenvalue weighted by Gasteiger charge is 2.52. The van der Waals surface area contributed by atoms with E-state index in [1.807, 2.05) is 30.3 Å². The van der Waals surface area contributed by atoms with Crippen LogP contribution in [0.15, 0.2) is 54.6 Å².